The second kappa shape index (κ2) is 5.36. The van der Waals surface area contributed by atoms with E-state index in [-0.39, 0.29) is 16.7 Å². The van der Waals surface area contributed by atoms with Gasteiger partial charge in [-0.1, -0.05) is 0 Å². The van der Waals surface area contributed by atoms with Crippen molar-refractivity contribution in [2.24, 2.45) is 0 Å². The van der Waals surface area contributed by atoms with Gasteiger partial charge in [0.25, 0.3) is 0 Å². The molecule has 6 nitrogen and oxygen atoms in total. The van der Waals surface area contributed by atoms with Crippen molar-refractivity contribution in [3.8, 4) is 0 Å². The number of carbonyl (C=O) groups is 3. The summed E-state index contributed by atoms with van der Waals surface area (Å²) in [6, 6.07) is 14.4. The summed E-state index contributed by atoms with van der Waals surface area (Å²) in [5.74, 6) is -1.85. The third-order valence-electron chi connectivity index (χ3n) is 4.14. The number of ketones is 3. The van der Waals surface area contributed by atoms with Gasteiger partial charge in [0.15, 0.2) is 0 Å². The Hall–Kier alpha value is -2.31. The Kier molecular flexibility index (Phi) is 3.40. The number of hydrogen-bond acceptors (Lipinski definition) is 5. The van der Waals surface area contributed by atoms with Crippen molar-refractivity contribution >= 4 is 31.8 Å². The summed E-state index contributed by atoms with van der Waals surface area (Å²) in [4.78, 5) is 38.5. The third kappa shape index (κ3) is 1.93. The van der Waals surface area contributed by atoms with Crippen LogP contribution in [0.5, 0.6) is 0 Å². The van der Waals surface area contributed by atoms with E-state index in [0.29, 0.717) is 0 Å². The molecule has 0 bridgehead atoms. The zero-order valence-electron chi connectivity index (χ0n) is 12.2. The van der Waals surface area contributed by atoms with Gasteiger partial charge >= 0.3 is 141 Å². The summed E-state index contributed by atoms with van der Waals surface area (Å²) in [6.07, 6.45) is -1.48. The Labute approximate surface area is 141 Å². The van der Waals surface area contributed by atoms with E-state index in [4.69, 9.17) is 7.64 Å². The molecule has 1 N–H and O–H groups in total. The molecule has 2 unspecified atom stereocenters. The average Bonchev–Trinajstić information content (AvgIpc) is 3.07. The molecule has 1 heterocycles. The molecular formula is C17H11O6Se+. The summed E-state index contributed by atoms with van der Waals surface area (Å²) in [7, 11) is 0. The Morgan fingerprint density at radius 2 is 1.50 bits per heavy atom. The maximum atomic E-state index is 12.9. The predicted molar refractivity (Wildman–Crippen MR) is 82.3 cm³/mol. The molecule has 1 fully saturated rings. The topological polar surface area (TPSA) is 91.1 Å². The number of Topliss-reactive ketones (excluding diaryl/α,β-unsaturated/α-hetero) is 3. The van der Waals surface area contributed by atoms with Gasteiger partial charge in [0, 0.05) is 0 Å². The average molecular weight is 390 g/mol. The SMILES string of the molecule is O=C(c1ccccc1)C1O[Se](=[OH+])OC12C(=O)c1ccccc1C2=O. The minimum absolute atomic E-state index is 0.178. The molecule has 0 saturated carbocycles. The summed E-state index contributed by atoms with van der Waals surface area (Å²) in [5, 5.41) is 0. The summed E-state index contributed by atoms with van der Waals surface area (Å²) in [6.45, 7) is 0. The standard InChI is InChI=1S/C17H10O6Se/c18-13(10-6-2-1-3-7-10)16-17(23-24(21)22-16)14(19)11-8-4-5-9-12(11)15(17)20/h1-9,16H/p+1. The first-order valence-corrected chi connectivity index (χ1v) is 9.30. The first-order chi connectivity index (χ1) is 11.6. The molecule has 2 atom stereocenters. The second-order valence-corrected chi connectivity index (χ2v) is 7.11. The first-order valence-electron chi connectivity index (χ1n) is 7.13. The summed E-state index contributed by atoms with van der Waals surface area (Å²) in [5.41, 5.74) is -1.48. The Balaban J connectivity index is 1.85. The molecule has 24 heavy (non-hydrogen) atoms. The van der Waals surface area contributed by atoms with Crippen molar-refractivity contribution in [2.75, 3.05) is 0 Å². The molecular weight excluding hydrogens is 379 g/mol. The molecule has 7 heteroatoms. The molecule has 0 amide bonds. The van der Waals surface area contributed by atoms with Gasteiger partial charge in [-0.3, -0.25) is 0 Å². The fraction of sp³-hybridized carbons (Fsp3) is 0.118. The van der Waals surface area contributed by atoms with E-state index in [1.165, 1.54) is 12.1 Å². The number of fused-ring (bicyclic) bond motifs is 1. The fourth-order valence-electron chi connectivity index (χ4n) is 3.00. The molecule has 2 aliphatic rings. The fourth-order valence-corrected chi connectivity index (χ4v) is 4.87. The van der Waals surface area contributed by atoms with Crippen LogP contribution in [-0.4, -0.2) is 47.4 Å². The third-order valence-corrected chi connectivity index (χ3v) is 5.74. The van der Waals surface area contributed by atoms with Gasteiger partial charge in [-0.2, -0.15) is 0 Å². The van der Waals surface area contributed by atoms with Crippen LogP contribution < -0.4 is 0 Å². The second-order valence-electron chi connectivity index (χ2n) is 5.45. The number of rotatable bonds is 2. The van der Waals surface area contributed by atoms with Gasteiger partial charge in [0.05, 0.1) is 0 Å². The van der Waals surface area contributed by atoms with Crippen molar-refractivity contribution in [1.82, 2.24) is 0 Å². The van der Waals surface area contributed by atoms with Crippen LogP contribution in [0.1, 0.15) is 31.1 Å². The van der Waals surface area contributed by atoms with Crippen LogP contribution in [0, 0.1) is 0 Å². The van der Waals surface area contributed by atoms with E-state index >= 15 is 0 Å². The zero-order chi connectivity index (χ0) is 16.9. The molecule has 120 valence electrons. The molecule has 0 radical (unpaired) electrons. The molecule has 2 aromatic rings. The van der Waals surface area contributed by atoms with Gasteiger partial charge in [-0.15, -0.1) is 0 Å². The molecule has 2 aromatic carbocycles. The van der Waals surface area contributed by atoms with Crippen molar-refractivity contribution in [3.63, 3.8) is 0 Å². The summed E-state index contributed by atoms with van der Waals surface area (Å²) < 4.78 is 20.4. The molecule has 1 aliphatic carbocycles. The summed E-state index contributed by atoms with van der Waals surface area (Å²) >= 11 is -3.13. The number of hydrogen-bond donors (Lipinski definition) is 0. The zero-order valence-corrected chi connectivity index (χ0v) is 13.9. The van der Waals surface area contributed by atoms with Gasteiger partial charge in [0.1, 0.15) is 0 Å². The van der Waals surface area contributed by atoms with Crippen LogP contribution in [0.25, 0.3) is 0 Å². The Morgan fingerprint density at radius 1 is 0.958 bits per heavy atom. The maximum absolute atomic E-state index is 12.9. The normalized spacial score (nSPS) is 24.3. The van der Waals surface area contributed by atoms with Crippen LogP contribution in [0.4, 0.5) is 0 Å². The van der Waals surface area contributed by atoms with Crippen LogP contribution in [0.3, 0.4) is 0 Å². The predicted octanol–water partition coefficient (Wildman–Crippen LogP) is 1.46. The van der Waals surface area contributed by atoms with Gasteiger partial charge in [-0.25, -0.2) is 0 Å². The Morgan fingerprint density at radius 3 is 2.08 bits per heavy atom. The van der Waals surface area contributed by atoms with Gasteiger partial charge in [-0.05, 0) is 0 Å². The van der Waals surface area contributed by atoms with E-state index in [1.54, 1.807) is 42.5 Å². The van der Waals surface area contributed by atoms with Crippen LogP contribution in [0.2, 0.25) is 0 Å². The van der Waals surface area contributed by atoms with E-state index in [2.05, 4.69) is 0 Å². The van der Waals surface area contributed by atoms with Gasteiger partial charge < -0.3 is 0 Å². The molecule has 1 aliphatic heterocycles. The van der Waals surface area contributed by atoms with Crippen LogP contribution in [-0.2, 0) is 7.64 Å². The van der Waals surface area contributed by atoms with E-state index in [1.807, 2.05) is 0 Å². The van der Waals surface area contributed by atoms with Gasteiger partial charge in [0.2, 0.25) is 0 Å². The monoisotopic (exact) mass is 391 g/mol. The van der Waals surface area contributed by atoms with Crippen LogP contribution >= 0.6 is 0 Å². The van der Waals surface area contributed by atoms with Crippen molar-refractivity contribution in [1.29, 1.82) is 0 Å². The van der Waals surface area contributed by atoms with Crippen molar-refractivity contribution < 1.29 is 25.9 Å². The van der Waals surface area contributed by atoms with E-state index < -0.39 is 43.5 Å². The van der Waals surface area contributed by atoms with Crippen molar-refractivity contribution in [3.05, 3.63) is 71.3 Å². The molecule has 1 saturated heterocycles. The Bertz CT molecular complexity index is 869. The van der Waals surface area contributed by atoms with Crippen LogP contribution in [0.15, 0.2) is 54.6 Å². The minimum atomic E-state index is -3.13. The molecule has 4 rings (SSSR count). The molecule has 1 spiro atoms. The quantitative estimate of drug-likeness (QED) is 0.335. The van der Waals surface area contributed by atoms with E-state index in [0.717, 1.165) is 0 Å². The van der Waals surface area contributed by atoms with Crippen molar-refractivity contribution in [2.45, 2.75) is 11.7 Å². The van der Waals surface area contributed by atoms with E-state index in [9.17, 15) is 18.2 Å². The number of benzene rings is 2. The molecule has 0 aromatic heterocycles. The first kappa shape index (κ1) is 15.2. The number of carbonyl (C=O) groups excluding carboxylic acids is 3.